The summed E-state index contributed by atoms with van der Waals surface area (Å²) in [5.74, 6) is -2.97. The summed E-state index contributed by atoms with van der Waals surface area (Å²) in [6.45, 7) is 0. The number of benzene rings is 1. The Hall–Kier alpha value is -2.02. The molecule has 2 aromatic rings. The second-order valence-corrected chi connectivity index (χ2v) is 4.25. The summed E-state index contributed by atoms with van der Waals surface area (Å²) < 4.78 is 10.6. The Bertz CT molecular complexity index is 657. The van der Waals surface area contributed by atoms with Crippen molar-refractivity contribution in [3.05, 3.63) is 27.9 Å². The van der Waals surface area contributed by atoms with E-state index in [1.807, 2.05) is 0 Å². The molecule has 0 saturated carbocycles. The Morgan fingerprint density at radius 3 is 2.44 bits per heavy atom. The number of ether oxygens (including phenoxy) is 1. The minimum atomic E-state index is -1.43. The van der Waals surface area contributed by atoms with Crippen LogP contribution in [0.3, 0.4) is 0 Å². The van der Waals surface area contributed by atoms with Gasteiger partial charge in [0.1, 0.15) is 16.9 Å². The van der Waals surface area contributed by atoms with Crippen molar-refractivity contribution < 1.29 is 29.0 Å². The van der Waals surface area contributed by atoms with Gasteiger partial charge in [-0.3, -0.25) is 0 Å². The standard InChI is InChI=1S/C11H7BrO6/c1-17-7-3-6-4(2-5(7)12)8(10(13)14)9(18-6)11(15)16/h2-3H,1H3,(H,13,14)(H,15,16). The third-order valence-electron chi connectivity index (χ3n) is 2.37. The minimum absolute atomic E-state index is 0.143. The first-order chi connectivity index (χ1) is 8.45. The van der Waals surface area contributed by atoms with E-state index >= 15 is 0 Å². The maximum Gasteiger partial charge on any atom is 0.372 e. The predicted molar refractivity (Wildman–Crippen MR) is 64.4 cm³/mol. The fourth-order valence-electron chi connectivity index (χ4n) is 1.62. The topological polar surface area (TPSA) is 97.0 Å². The van der Waals surface area contributed by atoms with Crippen LogP contribution in [0, 0.1) is 0 Å². The van der Waals surface area contributed by atoms with Gasteiger partial charge in [-0.1, -0.05) is 0 Å². The second-order valence-electron chi connectivity index (χ2n) is 3.40. The molecule has 0 radical (unpaired) electrons. The number of hydrogen-bond donors (Lipinski definition) is 2. The first-order valence-corrected chi connectivity index (χ1v) is 5.51. The minimum Gasteiger partial charge on any atom is -0.495 e. The van der Waals surface area contributed by atoms with Gasteiger partial charge in [-0.2, -0.15) is 0 Å². The molecule has 0 fully saturated rings. The van der Waals surface area contributed by atoms with Crippen molar-refractivity contribution in [1.82, 2.24) is 0 Å². The maximum absolute atomic E-state index is 11.1. The zero-order valence-corrected chi connectivity index (χ0v) is 10.6. The van der Waals surface area contributed by atoms with Crippen LogP contribution in [0.25, 0.3) is 11.0 Å². The quantitative estimate of drug-likeness (QED) is 0.903. The van der Waals surface area contributed by atoms with Gasteiger partial charge in [0.2, 0.25) is 5.76 Å². The van der Waals surface area contributed by atoms with Gasteiger partial charge in [0.25, 0.3) is 0 Å². The molecule has 0 bridgehead atoms. The van der Waals surface area contributed by atoms with E-state index in [4.69, 9.17) is 19.4 Å². The molecule has 2 rings (SSSR count). The van der Waals surface area contributed by atoms with Crippen molar-refractivity contribution in [2.75, 3.05) is 7.11 Å². The molecule has 94 valence electrons. The third kappa shape index (κ3) is 1.82. The Labute approximate surface area is 109 Å². The first-order valence-electron chi connectivity index (χ1n) is 4.72. The molecule has 0 aliphatic carbocycles. The fourth-order valence-corrected chi connectivity index (χ4v) is 2.12. The molecular formula is C11H7BrO6. The number of hydrogen-bond acceptors (Lipinski definition) is 4. The summed E-state index contributed by atoms with van der Waals surface area (Å²) >= 11 is 3.20. The van der Waals surface area contributed by atoms with Gasteiger partial charge in [-0.05, 0) is 22.0 Å². The van der Waals surface area contributed by atoms with Gasteiger partial charge in [-0.15, -0.1) is 0 Å². The molecule has 0 unspecified atom stereocenters. The molecule has 1 aromatic carbocycles. The highest BCUT2D eigenvalue weighted by atomic mass is 79.9. The van der Waals surface area contributed by atoms with Crippen LogP contribution in [-0.4, -0.2) is 29.3 Å². The Morgan fingerprint density at radius 2 is 1.94 bits per heavy atom. The lowest BCUT2D eigenvalue weighted by molar-refractivity contribution is 0.0628. The molecule has 6 nitrogen and oxygen atoms in total. The highest BCUT2D eigenvalue weighted by Gasteiger charge is 2.26. The lowest BCUT2D eigenvalue weighted by atomic mass is 10.1. The van der Waals surface area contributed by atoms with Crippen molar-refractivity contribution in [2.24, 2.45) is 0 Å². The smallest absolute Gasteiger partial charge is 0.372 e. The zero-order valence-electron chi connectivity index (χ0n) is 9.06. The molecule has 0 aliphatic rings. The van der Waals surface area contributed by atoms with Crippen LogP contribution in [0.2, 0.25) is 0 Å². The van der Waals surface area contributed by atoms with Crippen LogP contribution in [0.15, 0.2) is 21.0 Å². The molecule has 1 heterocycles. The van der Waals surface area contributed by atoms with Gasteiger partial charge < -0.3 is 19.4 Å². The van der Waals surface area contributed by atoms with Crippen molar-refractivity contribution in [2.45, 2.75) is 0 Å². The maximum atomic E-state index is 11.1. The van der Waals surface area contributed by atoms with E-state index < -0.39 is 17.7 Å². The van der Waals surface area contributed by atoms with E-state index in [1.54, 1.807) is 0 Å². The molecule has 0 saturated heterocycles. The molecule has 0 atom stereocenters. The van der Waals surface area contributed by atoms with Gasteiger partial charge >= 0.3 is 11.9 Å². The Morgan fingerprint density at radius 1 is 1.28 bits per heavy atom. The van der Waals surface area contributed by atoms with Crippen LogP contribution in [0.1, 0.15) is 20.9 Å². The van der Waals surface area contributed by atoms with E-state index in [1.165, 1.54) is 19.2 Å². The molecule has 7 heteroatoms. The second kappa shape index (κ2) is 4.34. The third-order valence-corrected chi connectivity index (χ3v) is 2.99. The number of carbonyl (C=O) groups is 2. The molecule has 0 aliphatic heterocycles. The summed E-state index contributed by atoms with van der Waals surface area (Å²) in [5.41, 5.74) is -0.231. The highest BCUT2D eigenvalue weighted by Crippen LogP contribution is 2.34. The van der Waals surface area contributed by atoms with E-state index in [9.17, 15) is 9.59 Å². The lowest BCUT2D eigenvalue weighted by Crippen LogP contribution is -2.04. The van der Waals surface area contributed by atoms with Gasteiger partial charge in [0, 0.05) is 11.5 Å². The number of rotatable bonds is 3. The first kappa shape index (κ1) is 12.4. The fraction of sp³-hybridized carbons (Fsp3) is 0.0909. The van der Waals surface area contributed by atoms with Crippen LogP contribution in [0.4, 0.5) is 0 Å². The van der Waals surface area contributed by atoms with E-state index in [2.05, 4.69) is 15.9 Å². The average molecular weight is 315 g/mol. The Balaban J connectivity index is 2.85. The van der Waals surface area contributed by atoms with Gasteiger partial charge in [-0.25, -0.2) is 9.59 Å². The lowest BCUT2D eigenvalue weighted by Gasteiger charge is -2.01. The molecule has 1 aromatic heterocycles. The predicted octanol–water partition coefficient (Wildman–Crippen LogP) is 2.60. The largest absolute Gasteiger partial charge is 0.495 e. The van der Waals surface area contributed by atoms with Crippen molar-refractivity contribution >= 4 is 38.8 Å². The number of halogens is 1. The summed E-state index contributed by atoms with van der Waals surface area (Å²) in [6, 6.07) is 2.88. The van der Waals surface area contributed by atoms with Crippen molar-refractivity contribution in [3.63, 3.8) is 0 Å². The summed E-state index contributed by atoms with van der Waals surface area (Å²) in [7, 11) is 1.44. The summed E-state index contributed by atoms with van der Waals surface area (Å²) in [5, 5.41) is 18.2. The molecule has 2 N–H and O–H groups in total. The van der Waals surface area contributed by atoms with Gasteiger partial charge in [0.15, 0.2) is 0 Å². The van der Waals surface area contributed by atoms with Crippen LogP contribution in [-0.2, 0) is 0 Å². The number of fused-ring (bicyclic) bond motifs is 1. The molecule has 0 amide bonds. The highest BCUT2D eigenvalue weighted by molar-refractivity contribution is 9.10. The zero-order chi connectivity index (χ0) is 13.4. The molecule has 18 heavy (non-hydrogen) atoms. The van der Waals surface area contributed by atoms with E-state index in [-0.39, 0.29) is 16.5 Å². The number of furan rings is 1. The molecular weight excluding hydrogens is 308 g/mol. The van der Waals surface area contributed by atoms with E-state index in [0.29, 0.717) is 10.2 Å². The van der Waals surface area contributed by atoms with Crippen LogP contribution in [0.5, 0.6) is 5.75 Å². The SMILES string of the molecule is COc1cc2oc(C(=O)O)c(C(=O)O)c2cc1Br. The number of carboxylic acids is 2. The van der Waals surface area contributed by atoms with Crippen LogP contribution < -0.4 is 4.74 Å². The van der Waals surface area contributed by atoms with Crippen LogP contribution >= 0.6 is 15.9 Å². The van der Waals surface area contributed by atoms with E-state index in [0.717, 1.165) is 0 Å². The van der Waals surface area contributed by atoms with Crippen molar-refractivity contribution in [3.8, 4) is 5.75 Å². The Kier molecular flexibility index (Phi) is 3.00. The molecule has 0 spiro atoms. The summed E-state index contributed by atoms with van der Waals surface area (Å²) in [6.07, 6.45) is 0. The number of methoxy groups -OCH3 is 1. The normalized spacial score (nSPS) is 10.6. The summed E-state index contributed by atoms with van der Waals surface area (Å²) in [4.78, 5) is 22.0. The average Bonchev–Trinajstić information content (AvgIpc) is 2.66. The number of aromatic carboxylic acids is 2. The number of carboxylic acid groups (broad SMARTS) is 2. The van der Waals surface area contributed by atoms with Crippen molar-refractivity contribution in [1.29, 1.82) is 0 Å². The monoisotopic (exact) mass is 314 g/mol. The van der Waals surface area contributed by atoms with Gasteiger partial charge in [0.05, 0.1) is 11.6 Å².